The van der Waals surface area contributed by atoms with Gasteiger partial charge in [0.15, 0.2) is 6.29 Å². The average molecular weight is 137 g/mol. The summed E-state index contributed by atoms with van der Waals surface area (Å²) < 4.78 is 0. The molecular formula is C8H11NO. The summed E-state index contributed by atoms with van der Waals surface area (Å²) in [6.07, 6.45) is 5.93. The molecule has 0 aromatic carbocycles. The normalized spacial score (nSPS) is 15.3. The van der Waals surface area contributed by atoms with Crippen LogP contribution in [0.3, 0.4) is 0 Å². The molecule has 0 aromatic heterocycles. The first-order valence-electron chi connectivity index (χ1n) is 3.61. The van der Waals surface area contributed by atoms with E-state index in [1.54, 1.807) is 6.21 Å². The van der Waals surface area contributed by atoms with Gasteiger partial charge in [-0.1, -0.05) is 13.3 Å². The monoisotopic (exact) mass is 137 g/mol. The van der Waals surface area contributed by atoms with Crippen molar-refractivity contribution in [3.05, 3.63) is 11.3 Å². The van der Waals surface area contributed by atoms with Gasteiger partial charge in [-0.25, -0.2) is 0 Å². The predicted octanol–water partition coefficient (Wildman–Crippen LogP) is 1.71. The highest BCUT2D eigenvalue weighted by Gasteiger charge is 2.08. The molecule has 0 saturated carbocycles. The first-order chi connectivity index (χ1) is 4.88. The van der Waals surface area contributed by atoms with Crippen molar-refractivity contribution >= 4 is 12.5 Å². The minimum atomic E-state index is 0.647. The van der Waals surface area contributed by atoms with Crippen molar-refractivity contribution in [1.29, 1.82) is 0 Å². The summed E-state index contributed by atoms with van der Waals surface area (Å²) in [4.78, 5) is 14.0. The van der Waals surface area contributed by atoms with Gasteiger partial charge in [0.25, 0.3) is 0 Å². The molecule has 1 aliphatic rings. The van der Waals surface area contributed by atoms with E-state index >= 15 is 0 Å². The van der Waals surface area contributed by atoms with E-state index in [1.807, 2.05) is 0 Å². The second kappa shape index (κ2) is 3.30. The van der Waals surface area contributed by atoms with Crippen molar-refractivity contribution in [2.24, 2.45) is 4.99 Å². The summed E-state index contributed by atoms with van der Waals surface area (Å²) in [5.74, 6) is 0. The molecule has 2 heteroatoms. The fourth-order valence-electron chi connectivity index (χ4n) is 0.896. The lowest BCUT2D eigenvalue weighted by molar-refractivity contribution is -0.105. The zero-order valence-corrected chi connectivity index (χ0v) is 6.13. The van der Waals surface area contributed by atoms with E-state index in [-0.39, 0.29) is 0 Å². The Kier molecular flexibility index (Phi) is 2.37. The Morgan fingerprint density at radius 2 is 2.50 bits per heavy atom. The van der Waals surface area contributed by atoms with E-state index in [4.69, 9.17) is 0 Å². The molecule has 0 radical (unpaired) electrons. The van der Waals surface area contributed by atoms with Crippen LogP contribution in [0.1, 0.15) is 26.2 Å². The molecule has 0 fully saturated rings. The maximum absolute atomic E-state index is 10.2. The lowest BCUT2D eigenvalue weighted by Crippen LogP contribution is -2.02. The van der Waals surface area contributed by atoms with Gasteiger partial charge in [0.2, 0.25) is 0 Å². The molecular weight excluding hydrogens is 126 g/mol. The Balaban J connectivity index is 2.34. The summed E-state index contributed by atoms with van der Waals surface area (Å²) in [6.45, 7) is 2.14. The Labute approximate surface area is 60.7 Å². The molecule has 2 nitrogen and oxygen atoms in total. The van der Waals surface area contributed by atoms with E-state index in [9.17, 15) is 4.79 Å². The lowest BCUT2D eigenvalue weighted by Gasteiger charge is -2.08. The minimum Gasteiger partial charge on any atom is -0.296 e. The van der Waals surface area contributed by atoms with Gasteiger partial charge in [-0.05, 0) is 18.4 Å². The molecule has 0 spiro atoms. The van der Waals surface area contributed by atoms with Crippen molar-refractivity contribution in [2.75, 3.05) is 0 Å². The fraction of sp³-hybridized carbons (Fsp3) is 0.500. The third-order valence-corrected chi connectivity index (χ3v) is 1.60. The molecule has 1 rings (SSSR count). The topological polar surface area (TPSA) is 29.4 Å². The van der Waals surface area contributed by atoms with Gasteiger partial charge in [0.05, 0.1) is 0 Å². The van der Waals surface area contributed by atoms with Crippen molar-refractivity contribution in [3.63, 3.8) is 0 Å². The van der Waals surface area contributed by atoms with Gasteiger partial charge in [-0.15, -0.1) is 0 Å². The van der Waals surface area contributed by atoms with Crippen LogP contribution >= 0.6 is 0 Å². The Hall–Kier alpha value is -0.920. The second-order valence-corrected chi connectivity index (χ2v) is 2.39. The zero-order chi connectivity index (χ0) is 7.40. The van der Waals surface area contributed by atoms with E-state index < -0.39 is 0 Å². The molecule has 0 bridgehead atoms. The second-order valence-electron chi connectivity index (χ2n) is 2.39. The fourth-order valence-corrected chi connectivity index (χ4v) is 0.896. The summed E-state index contributed by atoms with van der Waals surface area (Å²) in [5.41, 5.74) is 1.77. The average Bonchev–Trinajstić information content (AvgIpc) is 1.88. The SMILES string of the molecule is CCCCC1=C(C=O)N=C1. The Bertz CT molecular complexity index is 187. The van der Waals surface area contributed by atoms with Crippen molar-refractivity contribution < 1.29 is 4.79 Å². The van der Waals surface area contributed by atoms with Gasteiger partial charge in [-0.3, -0.25) is 9.79 Å². The number of aldehydes is 1. The Morgan fingerprint density at radius 3 is 2.90 bits per heavy atom. The number of aliphatic imine (C=N–C) groups is 1. The third-order valence-electron chi connectivity index (χ3n) is 1.60. The van der Waals surface area contributed by atoms with Crippen LogP contribution in [0.2, 0.25) is 0 Å². The van der Waals surface area contributed by atoms with Crippen LogP contribution in [0.5, 0.6) is 0 Å². The predicted molar refractivity (Wildman–Crippen MR) is 41.1 cm³/mol. The summed E-state index contributed by atoms with van der Waals surface area (Å²) in [7, 11) is 0. The number of hydrogen-bond acceptors (Lipinski definition) is 2. The Morgan fingerprint density at radius 1 is 1.70 bits per heavy atom. The van der Waals surface area contributed by atoms with Crippen LogP contribution in [-0.4, -0.2) is 12.5 Å². The molecule has 0 aliphatic carbocycles. The highest BCUT2D eigenvalue weighted by Crippen LogP contribution is 2.16. The highest BCUT2D eigenvalue weighted by atomic mass is 16.1. The first kappa shape index (κ1) is 7.19. The van der Waals surface area contributed by atoms with Gasteiger partial charge >= 0.3 is 0 Å². The van der Waals surface area contributed by atoms with Gasteiger partial charge in [0, 0.05) is 6.21 Å². The van der Waals surface area contributed by atoms with Crippen LogP contribution in [0.15, 0.2) is 16.3 Å². The van der Waals surface area contributed by atoms with E-state index in [2.05, 4.69) is 11.9 Å². The van der Waals surface area contributed by atoms with Gasteiger partial charge < -0.3 is 0 Å². The summed E-state index contributed by atoms with van der Waals surface area (Å²) in [6, 6.07) is 0. The standard InChI is InChI=1S/C8H11NO/c1-2-3-4-7-5-9-8(7)6-10/h5-6H,2-4H2,1H3. The van der Waals surface area contributed by atoms with Crippen molar-refractivity contribution in [1.82, 2.24) is 0 Å². The molecule has 0 amide bonds. The van der Waals surface area contributed by atoms with Gasteiger partial charge in [0.1, 0.15) is 5.70 Å². The quantitative estimate of drug-likeness (QED) is 0.542. The van der Waals surface area contributed by atoms with Crippen molar-refractivity contribution in [2.45, 2.75) is 26.2 Å². The molecule has 0 unspecified atom stereocenters. The van der Waals surface area contributed by atoms with Crippen LogP contribution in [0, 0.1) is 0 Å². The number of hydrogen-bond donors (Lipinski definition) is 0. The zero-order valence-electron chi connectivity index (χ0n) is 6.13. The molecule has 1 aliphatic heterocycles. The van der Waals surface area contributed by atoms with Crippen LogP contribution < -0.4 is 0 Å². The van der Waals surface area contributed by atoms with Crippen LogP contribution in [0.25, 0.3) is 0 Å². The van der Waals surface area contributed by atoms with E-state index in [1.165, 1.54) is 6.42 Å². The maximum Gasteiger partial charge on any atom is 0.168 e. The maximum atomic E-state index is 10.2. The van der Waals surface area contributed by atoms with E-state index in [0.717, 1.165) is 24.7 Å². The third kappa shape index (κ3) is 1.32. The summed E-state index contributed by atoms with van der Waals surface area (Å²) in [5, 5.41) is 0. The number of nitrogens with zero attached hydrogens (tertiary/aromatic N) is 1. The molecule has 1 heterocycles. The van der Waals surface area contributed by atoms with E-state index in [0.29, 0.717) is 5.70 Å². The smallest absolute Gasteiger partial charge is 0.168 e. The number of carbonyl (C=O) groups excluding carboxylic acids is 1. The number of carbonyl (C=O) groups is 1. The van der Waals surface area contributed by atoms with Crippen LogP contribution in [0.4, 0.5) is 0 Å². The molecule has 0 saturated heterocycles. The number of unbranched alkanes of at least 4 members (excludes halogenated alkanes) is 1. The summed E-state index contributed by atoms with van der Waals surface area (Å²) >= 11 is 0. The largest absolute Gasteiger partial charge is 0.296 e. The molecule has 0 aromatic rings. The molecule has 10 heavy (non-hydrogen) atoms. The highest BCUT2D eigenvalue weighted by molar-refractivity contribution is 5.97. The van der Waals surface area contributed by atoms with Gasteiger partial charge in [-0.2, -0.15) is 0 Å². The first-order valence-corrected chi connectivity index (χ1v) is 3.61. The number of rotatable bonds is 4. The molecule has 0 N–H and O–H groups in total. The lowest BCUT2D eigenvalue weighted by atomic mass is 10.1. The molecule has 54 valence electrons. The molecule has 0 atom stereocenters. The van der Waals surface area contributed by atoms with Crippen molar-refractivity contribution in [3.8, 4) is 0 Å². The number of allylic oxidation sites excluding steroid dienone is 2. The minimum absolute atomic E-state index is 0.647. The van der Waals surface area contributed by atoms with Crippen LogP contribution in [-0.2, 0) is 4.79 Å².